The zero-order valence-corrected chi connectivity index (χ0v) is 19.5. The fourth-order valence-corrected chi connectivity index (χ4v) is 3.67. The number of rotatable bonds is 7. The van der Waals surface area contributed by atoms with E-state index in [2.05, 4.69) is 34.6 Å². The largest absolute Gasteiger partial charge is 0.495 e. The minimum atomic E-state index is -0.306. The lowest BCUT2D eigenvalue weighted by Gasteiger charge is -2.14. The Labute approximate surface area is 193 Å². The Hall–Kier alpha value is -3.32. The highest BCUT2D eigenvalue weighted by Gasteiger charge is 2.13. The number of carbonyl (C=O) groups excluding carboxylic acids is 1. The maximum atomic E-state index is 12.8. The summed E-state index contributed by atoms with van der Waals surface area (Å²) in [6, 6.07) is 14.2. The smallest absolute Gasteiger partial charge is 0.258 e. The molecule has 2 N–H and O–H groups in total. The summed E-state index contributed by atoms with van der Waals surface area (Å²) in [5.74, 6) is 0.672. The number of nitrogens with one attached hydrogen (secondary N) is 2. The number of nitrogens with zero attached hydrogens (tertiary/aromatic N) is 3. The first kappa shape index (κ1) is 23.3. The Kier molecular flexibility index (Phi) is 7.89. The Morgan fingerprint density at radius 1 is 1.19 bits per heavy atom. The number of anilines is 1. The molecule has 0 aliphatic carbocycles. The molecule has 8 heteroatoms. The van der Waals surface area contributed by atoms with Crippen molar-refractivity contribution in [3.8, 4) is 5.75 Å². The molecule has 0 radical (unpaired) electrons. The van der Waals surface area contributed by atoms with Gasteiger partial charge < -0.3 is 10.1 Å². The first-order valence-corrected chi connectivity index (χ1v) is 10.8. The van der Waals surface area contributed by atoms with Gasteiger partial charge in [0, 0.05) is 29.4 Å². The van der Waals surface area contributed by atoms with Crippen LogP contribution in [0.4, 0.5) is 5.69 Å². The number of aromatic nitrogens is 2. The van der Waals surface area contributed by atoms with Crippen LogP contribution in [-0.4, -0.2) is 35.3 Å². The number of halogens is 1. The van der Waals surface area contributed by atoms with Crippen LogP contribution in [-0.2, 0) is 13.0 Å². The number of hydrogen-bond acceptors (Lipinski definition) is 4. The fourth-order valence-electron chi connectivity index (χ4n) is 3.48. The normalized spacial score (nSPS) is 11.3. The van der Waals surface area contributed by atoms with E-state index < -0.39 is 0 Å². The first-order chi connectivity index (χ1) is 15.4. The van der Waals surface area contributed by atoms with Crippen molar-refractivity contribution in [1.29, 1.82) is 0 Å². The molecular weight excluding hydrogens is 426 g/mol. The average Bonchev–Trinajstić information content (AvgIpc) is 3.07. The molecule has 0 saturated carbocycles. The van der Waals surface area contributed by atoms with Crippen LogP contribution < -0.4 is 15.4 Å². The predicted molar refractivity (Wildman–Crippen MR) is 129 cm³/mol. The molecule has 0 unspecified atom stereocenters. The highest BCUT2D eigenvalue weighted by molar-refractivity contribution is 6.31. The number of methoxy groups -OCH3 is 1. The number of aliphatic imine (C=N–C) groups is 1. The molecule has 3 aromatic rings. The minimum Gasteiger partial charge on any atom is -0.495 e. The number of guanidine groups is 1. The summed E-state index contributed by atoms with van der Waals surface area (Å²) in [7, 11) is 1.60. The van der Waals surface area contributed by atoms with Gasteiger partial charge in [-0.3, -0.25) is 19.8 Å². The maximum absolute atomic E-state index is 12.8. The Bertz CT molecular complexity index is 1120. The van der Waals surface area contributed by atoms with E-state index in [4.69, 9.17) is 16.3 Å². The van der Waals surface area contributed by atoms with Gasteiger partial charge in [0.2, 0.25) is 5.96 Å². The predicted octanol–water partition coefficient (Wildman–Crippen LogP) is 4.62. The lowest BCUT2D eigenvalue weighted by atomic mass is 10.1. The number of carbonyl (C=O) groups is 1. The first-order valence-electron chi connectivity index (χ1n) is 10.5. The summed E-state index contributed by atoms with van der Waals surface area (Å²) < 4.78 is 7.40. The minimum absolute atomic E-state index is 0.306. The summed E-state index contributed by atoms with van der Waals surface area (Å²) in [6.07, 6.45) is 0.710. The summed E-state index contributed by atoms with van der Waals surface area (Å²) in [6.45, 7) is 7.45. The van der Waals surface area contributed by atoms with Crippen LogP contribution >= 0.6 is 11.6 Å². The number of amides is 1. The second kappa shape index (κ2) is 10.8. The third kappa shape index (κ3) is 5.68. The molecule has 0 spiro atoms. The van der Waals surface area contributed by atoms with Crippen LogP contribution in [0, 0.1) is 13.8 Å². The number of para-hydroxylation sites is 2. The van der Waals surface area contributed by atoms with Crippen molar-refractivity contribution in [2.24, 2.45) is 4.99 Å². The van der Waals surface area contributed by atoms with Crippen molar-refractivity contribution in [3.63, 3.8) is 0 Å². The van der Waals surface area contributed by atoms with Gasteiger partial charge in [-0.15, -0.1) is 0 Å². The molecule has 1 heterocycles. The zero-order valence-electron chi connectivity index (χ0n) is 18.8. The highest BCUT2D eigenvalue weighted by atomic mass is 35.5. The molecule has 0 saturated heterocycles. The quantitative estimate of drug-likeness (QED) is 0.404. The van der Waals surface area contributed by atoms with Gasteiger partial charge in [-0.25, -0.2) is 0 Å². The van der Waals surface area contributed by atoms with Gasteiger partial charge in [0.25, 0.3) is 5.91 Å². The fraction of sp³-hybridized carbons (Fsp3) is 0.292. The molecule has 2 aromatic carbocycles. The van der Waals surface area contributed by atoms with Crippen LogP contribution in [0.5, 0.6) is 5.75 Å². The van der Waals surface area contributed by atoms with Gasteiger partial charge in [-0.2, -0.15) is 5.10 Å². The molecule has 168 valence electrons. The lowest BCUT2D eigenvalue weighted by Crippen LogP contribution is -2.36. The average molecular weight is 454 g/mol. The molecule has 0 bridgehead atoms. The molecule has 0 aliphatic rings. The van der Waals surface area contributed by atoms with Gasteiger partial charge >= 0.3 is 0 Å². The Balaban J connectivity index is 1.82. The summed E-state index contributed by atoms with van der Waals surface area (Å²) in [5.41, 5.74) is 4.46. The van der Waals surface area contributed by atoms with E-state index in [0.717, 1.165) is 17.9 Å². The lowest BCUT2D eigenvalue weighted by molar-refractivity contribution is 0.0977. The maximum Gasteiger partial charge on any atom is 0.258 e. The van der Waals surface area contributed by atoms with E-state index in [-0.39, 0.29) is 5.91 Å². The second-order valence-corrected chi connectivity index (χ2v) is 7.67. The van der Waals surface area contributed by atoms with E-state index in [1.54, 1.807) is 31.4 Å². The molecular formula is C24H28ClN5O2. The molecule has 1 amide bonds. The Morgan fingerprint density at radius 2 is 1.97 bits per heavy atom. The molecule has 3 rings (SSSR count). The number of ether oxygens (including phenoxy) is 1. The molecule has 32 heavy (non-hydrogen) atoms. The topological polar surface area (TPSA) is 80.5 Å². The van der Waals surface area contributed by atoms with Gasteiger partial charge in [-0.05, 0) is 63.1 Å². The SMILES string of the molecule is CCn1nc(C)c(CCN=C(NC(=O)c2cccc(Cl)c2)Nc2ccccc2OC)c1C. The summed E-state index contributed by atoms with van der Waals surface area (Å²) in [5, 5.41) is 11.1. The second-order valence-electron chi connectivity index (χ2n) is 7.24. The van der Waals surface area contributed by atoms with Gasteiger partial charge in [0.1, 0.15) is 5.75 Å². The highest BCUT2D eigenvalue weighted by Crippen LogP contribution is 2.23. The van der Waals surface area contributed by atoms with Gasteiger partial charge in [0.05, 0.1) is 18.5 Å². The van der Waals surface area contributed by atoms with Crippen molar-refractivity contribution in [2.45, 2.75) is 33.7 Å². The third-order valence-corrected chi connectivity index (χ3v) is 5.38. The van der Waals surface area contributed by atoms with E-state index in [1.165, 1.54) is 5.56 Å². The van der Waals surface area contributed by atoms with Crippen molar-refractivity contribution in [1.82, 2.24) is 15.1 Å². The van der Waals surface area contributed by atoms with Crippen molar-refractivity contribution in [3.05, 3.63) is 76.1 Å². The molecule has 7 nitrogen and oxygen atoms in total. The van der Waals surface area contributed by atoms with Crippen molar-refractivity contribution < 1.29 is 9.53 Å². The third-order valence-electron chi connectivity index (χ3n) is 5.14. The van der Waals surface area contributed by atoms with E-state index in [9.17, 15) is 4.79 Å². The summed E-state index contributed by atoms with van der Waals surface area (Å²) in [4.78, 5) is 17.4. The van der Waals surface area contributed by atoms with Crippen LogP contribution in [0.3, 0.4) is 0 Å². The molecule has 0 fully saturated rings. The number of hydrogen-bond donors (Lipinski definition) is 2. The van der Waals surface area contributed by atoms with E-state index >= 15 is 0 Å². The van der Waals surface area contributed by atoms with Gasteiger partial charge in [0.15, 0.2) is 0 Å². The van der Waals surface area contributed by atoms with Crippen LogP contribution in [0.25, 0.3) is 0 Å². The zero-order chi connectivity index (χ0) is 23.1. The van der Waals surface area contributed by atoms with Crippen LogP contribution in [0.2, 0.25) is 5.02 Å². The Morgan fingerprint density at radius 3 is 2.66 bits per heavy atom. The standard InChI is InChI=1S/C24H28ClN5O2/c1-5-30-17(3)20(16(2)29-30)13-14-26-24(27-21-11-6-7-12-22(21)32-4)28-23(31)18-9-8-10-19(25)15-18/h6-12,15H,5,13-14H2,1-4H3,(H2,26,27,28,31). The van der Waals surface area contributed by atoms with Crippen LogP contribution in [0.15, 0.2) is 53.5 Å². The molecule has 1 aromatic heterocycles. The molecule has 0 aliphatic heterocycles. The van der Waals surface area contributed by atoms with E-state index in [1.807, 2.05) is 35.9 Å². The van der Waals surface area contributed by atoms with E-state index in [0.29, 0.717) is 40.9 Å². The van der Waals surface area contributed by atoms with Crippen molar-refractivity contribution in [2.75, 3.05) is 19.0 Å². The van der Waals surface area contributed by atoms with Crippen molar-refractivity contribution >= 4 is 29.2 Å². The molecule has 0 atom stereocenters. The monoisotopic (exact) mass is 453 g/mol. The summed E-state index contributed by atoms with van der Waals surface area (Å²) >= 11 is 6.04. The van der Waals surface area contributed by atoms with Gasteiger partial charge in [-0.1, -0.05) is 29.8 Å². The van der Waals surface area contributed by atoms with Crippen LogP contribution in [0.1, 0.15) is 34.2 Å². The number of aryl methyl sites for hydroxylation is 2. The number of benzene rings is 2.